The van der Waals surface area contributed by atoms with Crippen LogP contribution in [0.1, 0.15) is 12.0 Å². The van der Waals surface area contributed by atoms with Crippen molar-refractivity contribution in [2.75, 3.05) is 30.0 Å². The van der Waals surface area contributed by atoms with Gasteiger partial charge in [-0.15, -0.1) is 0 Å². The summed E-state index contributed by atoms with van der Waals surface area (Å²) in [4.78, 5) is 36.8. The van der Waals surface area contributed by atoms with E-state index in [1.54, 1.807) is 41.3 Å². The largest absolute Gasteiger partial charge is 0.494 e. The predicted molar refractivity (Wildman–Crippen MR) is 132 cm³/mol. The average Bonchev–Trinajstić information content (AvgIpc) is 2.87. The quantitative estimate of drug-likeness (QED) is 0.213. The fourth-order valence-electron chi connectivity index (χ4n) is 3.52. The Bertz CT molecular complexity index is 1240. The number of hydrogen-bond donors (Lipinski definition) is 1. The minimum Gasteiger partial charge on any atom is -0.494 e. The molecule has 3 aromatic rings. The molecule has 2 amide bonds. The maximum Gasteiger partial charge on any atom is 0.269 e. The molecule has 178 valence electrons. The highest BCUT2D eigenvalue weighted by atomic mass is 16.6. The van der Waals surface area contributed by atoms with E-state index in [2.05, 4.69) is 5.32 Å². The van der Waals surface area contributed by atoms with E-state index in [0.29, 0.717) is 42.3 Å². The van der Waals surface area contributed by atoms with Crippen molar-refractivity contribution < 1.29 is 24.0 Å². The van der Waals surface area contributed by atoms with Crippen LogP contribution >= 0.6 is 0 Å². The van der Waals surface area contributed by atoms with Gasteiger partial charge in [0, 0.05) is 30.4 Å². The van der Waals surface area contributed by atoms with Crippen molar-refractivity contribution in [3.63, 3.8) is 0 Å². The van der Waals surface area contributed by atoms with E-state index in [9.17, 15) is 19.7 Å². The number of anilines is 2. The summed E-state index contributed by atoms with van der Waals surface area (Å²) in [5.41, 5.74) is 1.72. The lowest BCUT2D eigenvalue weighted by atomic mass is 10.2. The van der Waals surface area contributed by atoms with Crippen molar-refractivity contribution >= 4 is 35.0 Å². The van der Waals surface area contributed by atoms with Gasteiger partial charge >= 0.3 is 0 Å². The van der Waals surface area contributed by atoms with Gasteiger partial charge in [-0.2, -0.15) is 0 Å². The number of para-hydroxylation sites is 1. The number of carbonyl (C=O) groups excluding carboxylic acids is 2. The summed E-state index contributed by atoms with van der Waals surface area (Å²) in [7, 11) is 0. The second-order valence-electron chi connectivity index (χ2n) is 7.70. The molecular weight excluding hydrogens is 450 g/mol. The number of fused-ring (bicyclic) bond motifs is 1. The summed E-state index contributed by atoms with van der Waals surface area (Å²) < 4.78 is 11.2. The standard InChI is InChI=1S/C26H23N3O6/c30-25(14-9-19-7-11-21(12-8-19)29(32)33)27-20-10-13-24-23(17-20)28(26(31)18-35-24)15-4-16-34-22-5-2-1-3-6-22/h1-3,5-14,17H,4,15-16,18H2,(H,27,30)/b14-9+. The van der Waals surface area contributed by atoms with Crippen LogP contribution in [0.25, 0.3) is 6.08 Å². The van der Waals surface area contributed by atoms with Gasteiger partial charge in [0.1, 0.15) is 11.5 Å². The van der Waals surface area contributed by atoms with E-state index in [0.717, 1.165) is 5.75 Å². The van der Waals surface area contributed by atoms with Crippen LogP contribution in [0.2, 0.25) is 0 Å². The molecule has 1 N–H and O–H groups in total. The summed E-state index contributed by atoms with van der Waals surface area (Å²) in [6.45, 7) is 0.851. The van der Waals surface area contributed by atoms with Crippen molar-refractivity contribution in [2.45, 2.75) is 6.42 Å². The molecule has 0 fully saturated rings. The first-order valence-electron chi connectivity index (χ1n) is 11.0. The molecule has 0 unspecified atom stereocenters. The number of hydrogen-bond acceptors (Lipinski definition) is 6. The van der Waals surface area contributed by atoms with E-state index in [1.807, 2.05) is 30.3 Å². The number of rotatable bonds is 9. The third-order valence-electron chi connectivity index (χ3n) is 5.24. The van der Waals surface area contributed by atoms with Crippen LogP contribution in [0.3, 0.4) is 0 Å². The fourth-order valence-corrected chi connectivity index (χ4v) is 3.52. The van der Waals surface area contributed by atoms with E-state index in [1.165, 1.54) is 18.2 Å². The van der Waals surface area contributed by atoms with E-state index < -0.39 is 4.92 Å². The van der Waals surface area contributed by atoms with Gasteiger partial charge in [-0.25, -0.2) is 0 Å². The molecule has 9 nitrogen and oxygen atoms in total. The van der Waals surface area contributed by atoms with Crippen LogP contribution in [0.4, 0.5) is 17.1 Å². The number of amides is 2. The minimum absolute atomic E-state index is 0.0198. The van der Waals surface area contributed by atoms with E-state index >= 15 is 0 Å². The molecule has 4 rings (SSSR count). The molecule has 1 aliphatic rings. The third-order valence-corrected chi connectivity index (χ3v) is 5.24. The lowest BCUT2D eigenvalue weighted by Crippen LogP contribution is -2.39. The summed E-state index contributed by atoms with van der Waals surface area (Å²) in [5.74, 6) is 0.786. The minimum atomic E-state index is -0.482. The average molecular weight is 473 g/mol. The number of carbonyl (C=O) groups is 2. The second-order valence-corrected chi connectivity index (χ2v) is 7.70. The molecule has 1 aliphatic heterocycles. The number of benzene rings is 3. The first-order valence-corrected chi connectivity index (χ1v) is 11.0. The number of ether oxygens (including phenoxy) is 2. The van der Waals surface area contributed by atoms with Crippen LogP contribution in [-0.2, 0) is 9.59 Å². The highest BCUT2D eigenvalue weighted by Gasteiger charge is 2.25. The molecule has 9 heteroatoms. The number of nitrogens with one attached hydrogen (secondary N) is 1. The van der Waals surface area contributed by atoms with Crippen LogP contribution in [0, 0.1) is 10.1 Å². The summed E-state index contributed by atoms with van der Waals surface area (Å²) >= 11 is 0. The molecule has 3 aromatic carbocycles. The van der Waals surface area contributed by atoms with E-state index in [-0.39, 0.29) is 24.1 Å². The number of non-ortho nitro benzene ring substituents is 1. The molecule has 0 saturated carbocycles. The molecule has 0 aromatic heterocycles. The Labute approximate surface area is 201 Å². The van der Waals surface area contributed by atoms with Gasteiger partial charge in [-0.1, -0.05) is 18.2 Å². The van der Waals surface area contributed by atoms with Gasteiger partial charge in [0.2, 0.25) is 5.91 Å². The van der Waals surface area contributed by atoms with Crippen molar-refractivity contribution in [3.8, 4) is 11.5 Å². The van der Waals surface area contributed by atoms with Crippen molar-refractivity contribution in [3.05, 3.63) is 94.6 Å². The molecule has 1 heterocycles. The maximum atomic E-state index is 12.5. The highest BCUT2D eigenvalue weighted by Crippen LogP contribution is 2.34. The smallest absolute Gasteiger partial charge is 0.269 e. The molecule has 35 heavy (non-hydrogen) atoms. The first-order chi connectivity index (χ1) is 17.0. The zero-order chi connectivity index (χ0) is 24.6. The van der Waals surface area contributed by atoms with Gasteiger partial charge < -0.3 is 19.7 Å². The Morgan fingerprint density at radius 1 is 1.11 bits per heavy atom. The summed E-state index contributed by atoms with van der Waals surface area (Å²) in [6.07, 6.45) is 3.51. The number of nitrogens with zero attached hydrogens (tertiary/aromatic N) is 2. The van der Waals surface area contributed by atoms with Gasteiger partial charge in [0.25, 0.3) is 11.6 Å². The molecule has 0 atom stereocenters. The molecular formula is C26H23N3O6. The Kier molecular flexibility index (Phi) is 7.37. The van der Waals surface area contributed by atoms with Crippen LogP contribution in [-0.4, -0.2) is 36.5 Å². The second kappa shape index (κ2) is 11.0. The molecule has 0 aliphatic carbocycles. The molecule has 0 saturated heterocycles. The van der Waals surface area contributed by atoms with Gasteiger partial charge in [0.05, 0.1) is 17.2 Å². The zero-order valence-corrected chi connectivity index (χ0v) is 18.8. The van der Waals surface area contributed by atoms with Crippen LogP contribution < -0.4 is 19.7 Å². The van der Waals surface area contributed by atoms with Crippen molar-refractivity contribution in [2.24, 2.45) is 0 Å². The normalized spacial score (nSPS) is 12.7. The molecule has 0 bridgehead atoms. The van der Waals surface area contributed by atoms with Crippen molar-refractivity contribution in [1.29, 1.82) is 0 Å². The lowest BCUT2D eigenvalue weighted by molar-refractivity contribution is -0.384. The van der Waals surface area contributed by atoms with Gasteiger partial charge in [0.15, 0.2) is 6.61 Å². The summed E-state index contributed by atoms with van der Waals surface area (Å²) in [5, 5.41) is 13.5. The fraction of sp³-hybridized carbons (Fsp3) is 0.154. The topological polar surface area (TPSA) is 111 Å². The zero-order valence-electron chi connectivity index (χ0n) is 18.8. The Morgan fingerprint density at radius 3 is 2.63 bits per heavy atom. The Balaban J connectivity index is 1.37. The maximum absolute atomic E-state index is 12.5. The van der Waals surface area contributed by atoms with Gasteiger partial charge in [-0.05, 0) is 60.5 Å². The predicted octanol–water partition coefficient (Wildman–Crippen LogP) is 4.44. The van der Waals surface area contributed by atoms with Gasteiger partial charge in [-0.3, -0.25) is 19.7 Å². The van der Waals surface area contributed by atoms with Crippen LogP contribution in [0.5, 0.6) is 11.5 Å². The third kappa shape index (κ3) is 6.23. The highest BCUT2D eigenvalue weighted by molar-refractivity contribution is 6.03. The van der Waals surface area contributed by atoms with E-state index in [4.69, 9.17) is 9.47 Å². The number of nitro benzene ring substituents is 1. The molecule has 0 radical (unpaired) electrons. The lowest BCUT2D eigenvalue weighted by Gasteiger charge is -2.29. The van der Waals surface area contributed by atoms with Crippen LogP contribution in [0.15, 0.2) is 78.9 Å². The number of nitro groups is 1. The molecule has 0 spiro atoms. The summed E-state index contributed by atoms with van der Waals surface area (Å²) in [6, 6.07) is 20.4. The SMILES string of the molecule is O=C(/C=C/c1ccc([N+](=O)[O-])cc1)Nc1ccc2c(c1)N(CCCOc1ccccc1)C(=O)CO2. The Morgan fingerprint density at radius 2 is 1.89 bits per heavy atom. The monoisotopic (exact) mass is 473 g/mol. The first kappa shape index (κ1) is 23.5. The van der Waals surface area contributed by atoms with Crippen molar-refractivity contribution in [1.82, 2.24) is 0 Å². The Hall–Kier alpha value is -4.66.